The van der Waals surface area contributed by atoms with Crippen LogP contribution in [0.5, 0.6) is 0 Å². The Morgan fingerprint density at radius 1 is 1.30 bits per heavy atom. The average Bonchev–Trinajstić information content (AvgIpc) is 3.06. The van der Waals surface area contributed by atoms with Crippen molar-refractivity contribution in [1.82, 2.24) is 4.72 Å². The largest absolute Gasteiger partial charge is 0.399 e. The Balaban J connectivity index is 2.19. The smallest absolute Gasteiger partial charge is 0.243 e. The Bertz CT molecular complexity index is 590. The minimum Gasteiger partial charge on any atom is -0.399 e. The maximum Gasteiger partial charge on any atom is 0.243 e. The van der Waals surface area contributed by atoms with Crippen LogP contribution in [0.1, 0.15) is 32.6 Å². The zero-order valence-corrected chi connectivity index (χ0v) is 13.6. The predicted molar refractivity (Wildman–Crippen MR) is 82.6 cm³/mol. The first kappa shape index (κ1) is 15.9. The van der Waals surface area contributed by atoms with E-state index in [2.05, 4.69) is 11.6 Å². The van der Waals surface area contributed by atoms with Crippen LogP contribution in [-0.4, -0.2) is 15.0 Å². The van der Waals surface area contributed by atoms with Gasteiger partial charge in [0, 0.05) is 12.2 Å². The minimum atomic E-state index is -3.72. The molecule has 0 aliphatic heterocycles. The Labute approximate surface area is 129 Å². The third-order valence-electron chi connectivity index (χ3n) is 3.66. The summed E-state index contributed by atoms with van der Waals surface area (Å²) in [5.74, 6) is 0. The lowest BCUT2D eigenvalue weighted by Crippen LogP contribution is -2.30. The first-order valence-electron chi connectivity index (χ1n) is 6.54. The molecule has 1 aromatic rings. The van der Waals surface area contributed by atoms with Gasteiger partial charge >= 0.3 is 0 Å². The van der Waals surface area contributed by atoms with Gasteiger partial charge in [0.25, 0.3) is 0 Å². The molecule has 20 heavy (non-hydrogen) atoms. The van der Waals surface area contributed by atoms with Crippen LogP contribution in [-0.2, 0) is 10.0 Å². The summed E-state index contributed by atoms with van der Waals surface area (Å²) in [6.45, 7) is 2.53. The number of hydrogen-bond acceptors (Lipinski definition) is 3. The molecule has 1 aliphatic rings. The molecule has 7 heteroatoms. The van der Waals surface area contributed by atoms with Gasteiger partial charge in [-0.2, -0.15) is 0 Å². The van der Waals surface area contributed by atoms with Crippen LogP contribution in [0.4, 0.5) is 5.69 Å². The van der Waals surface area contributed by atoms with E-state index in [1.54, 1.807) is 0 Å². The van der Waals surface area contributed by atoms with Crippen LogP contribution in [0.15, 0.2) is 17.0 Å². The predicted octanol–water partition coefficient (Wildman–Crippen LogP) is 3.43. The second-order valence-corrected chi connectivity index (χ2v) is 7.91. The molecule has 0 amide bonds. The molecule has 0 spiro atoms. The summed E-state index contributed by atoms with van der Waals surface area (Å²) >= 11 is 11.9. The lowest BCUT2D eigenvalue weighted by Gasteiger charge is -2.16. The highest BCUT2D eigenvalue weighted by molar-refractivity contribution is 7.89. The second-order valence-electron chi connectivity index (χ2n) is 5.39. The molecule has 4 nitrogen and oxygen atoms in total. The monoisotopic (exact) mass is 336 g/mol. The molecule has 2 rings (SSSR count). The first-order valence-corrected chi connectivity index (χ1v) is 8.78. The summed E-state index contributed by atoms with van der Waals surface area (Å²) in [5.41, 5.74) is 6.04. The van der Waals surface area contributed by atoms with Gasteiger partial charge < -0.3 is 5.73 Å². The van der Waals surface area contributed by atoms with E-state index in [0.29, 0.717) is 12.2 Å². The van der Waals surface area contributed by atoms with Crippen LogP contribution in [0.25, 0.3) is 0 Å². The standard InChI is InChI=1S/C13H18Cl2N2O2S/c1-2-3-13(4-5-13)8-17-20(18,19)12-10(14)6-9(16)7-11(12)15/h6-7,17H,2-5,8,16H2,1H3. The van der Waals surface area contributed by atoms with E-state index in [1.165, 1.54) is 12.1 Å². The van der Waals surface area contributed by atoms with Gasteiger partial charge in [-0.15, -0.1) is 0 Å². The maximum atomic E-state index is 12.3. The zero-order valence-electron chi connectivity index (χ0n) is 11.2. The van der Waals surface area contributed by atoms with Gasteiger partial charge in [0.1, 0.15) is 4.90 Å². The molecular weight excluding hydrogens is 319 g/mol. The van der Waals surface area contributed by atoms with Crippen molar-refractivity contribution in [3.8, 4) is 0 Å². The Hall–Kier alpha value is -0.490. The van der Waals surface area contributed by atoms with Gasteiger partial charge in [-0.05, 0) is 36.8 Å². The summed E-state index contributed by atoms with van der Waals surface area (Å²) in [4.78, 5) is -0.0951. The highest BCUT2D eigenvalue weighted by Crippen LogP contribution is 2.49. The van der Waals surface area contributed by atoms with Crippen LogP contribution >= 0.6 is 23.2 Å². The highest BCUT2D eigenvalue weighted by atomic mass is 35.5. The number of sulfonamides is 1. The summed E-state index contributed by atoms with van der Waals surface area (Å²) in [7, 11) is -3.72. The number of nitrogens with one attached hydrogen (secondary N) is 1. The van der Waals surface area contributed by atoms with Gasteiger partial charge in [-0.25, -0.2) is 13.1 Å². The molecule has 1 saturated carbocycles. The van der Waals surface area contributed by atoms with Crippen molar-refractivity contribution < 1.29 is 8.42 Å². The molecule has 0 aromatic heterocycles. The second kappa shape index (κ2) is 5.72. The van der Waals surface area contributed by atoms with Gasteiger partial charge in [0.05, 0.1) is 10.0 Å². The number of benzene rings is 1. The third-order valence-corrected chi connectivity index (χ3v) is 5.99. The number of nitrogens with two attached hydrogens (primary N) is 1. The van der Waals surface area contributed by atoms with Gasteiger partial charge in [-0.1, -0.05) is 36.5 Å². The van der Waals surface area contributed by atoms with E-state index in [-0.39, 0.29) is 20.4 Å². The van der Waals surface area contributed by atoms with Crippen LogP contribution in [0.2, 0.25) is 10.0 Å². The van der Waals surface area contributed by atoms with Crippen LogP contribution in [0.3, 0.4) is 0 Å². The van der Waals surface area contributed by atoms with Gasteiger partial charge in [-0.3, -0.25) is 0 Å². The van der Waals surface area contributed by atoms with Crippen molar-refractivity contribution >= 4 is 38.9 Å². The maximum absolute atomic E-state index is 12.3. The van der Waals surface area contributed by atoms with E-state index in [0.717, 1.165) is 25.7 Å². The van der Waals surface area contributed by atoms with E-state index in [4.69, 9.17) is 28.9 Å². The molecular formula is C13H18Cl2N2O2S. The fraction of sp³-hybridized carbons (Fsp3) is 0.538. The Morgan fingerprint density at radius 3 is 2.30 bits per heavy atom. The quantitative estimate of drug-likeness (QED) is 0.781. The zero-order chi connectivity index (χ0) is 15.0. The van der Waals surface area contributed by atoms with E-state index in [1.807, 2.05) is 0 Å². The molecule has 0 bridgehead atoms. The Kier molecular flexibility index (Phi) is 4.54. The van der Waals surface area contributed by atoms with E-state index < -0.39 is 10.0 Å². The molecule has 3 N–H and O–H groups in total. The number of nitrogen functional groups attached to an aromatic ring is 1. The van der Waals surface area contributed by atoms with Crippen molar-refractivity contribution in [3.63, 3.8) is 0 Å². The van der Waals surface area contributed by atoms with Gasteiger partial charge in [0.15, 0.2) is 0 Å². The van der Waals surface area contributed by atoms with Crippen molar-refractivity contribution in [1.29, 1.82) is 0 Å². The lowest BCUT2D eigenvalue weighted by molar-refractivity contribution is 0.449. The first-order chi connectivity index (χ1) is 9.30. The third kappa shape index (κ3) is 3.39. The molecule has 1 aliphatic carbocycles. The average molecular weight is 337 g/mol. The molecule has 0 unspecified atom stereocenters. The summed E-state index contributed by atoms with van der Waals surface area (Å²) in [6.07, 6.45) is 4.20. The number of hydrogen-bond donors (Lipinski definition) is 2. The summed E-state index contributed by atoms with van der Waals surface area (Å²) in [6, 6.07) is 2.78. The van der Waals surface area contributed by atoms with Crippen molar-refractivity contribution in [2.24, 2.45) is 5.41 Å². The SMILES string of the molecule is CCCC1(CNS(=O)(=O)c2c(Cl)cc(N)cc2Cl)CC1. The van der Waals surface area contributed by atoms with Crippen molar-refractivity contribution in [3.05, 3.63) is 22.2 Å². The highest BCUT2D eigenvalue weighted by Gasteiger charge is 2.42. The Morgan fingerprint density at radius 2 is 1.85 bits per heavy atom. The molecule has 0 heterocycles. The van der Waals surface area contributed by atoms with E-state index >= 15 is 0 Å². The molecule has 0 atom stereocenters. The molecule has 112 valence electrons. The fourth-order valence-corrected chi connectivity index (χ4v) is 4.76. The van der Waals surface area contributed by atoms with Crippen molar-refractivity contribution in [2.75, 3.05) is 12.3 Å². The molecule has 0 saturated heterocycles. The number of halogens is 2. The normalized spacial score (nSPS) is 17.1. The number of rotatable bonds is 6. The topological polar surface area (TPSA) is 72.2 Å². The molecule has 1 aromatic carbocycles. The van der Waals surface area contributed by atoms with Crippen molar-refractivity contribution in [2.45, 2.75) is 37.5 Å². The summed E-state index contributed by atoms with van der Waals surface area (Å²) in [5, 5.41) is 0.0886. The fourth-order valence-electron chi connectivity index (χ4n) is 2.38. The number of anilines is 1. The molecule has 1 fully saturated rings. The van der Waals surface area contributed by atoms with Crippen LogP contribution in [0, 0.1) is 5.41 Å². The summed E-state index contributed by atoms with van der Waals surface area (Å²) < 4.78 is 27.3. The lowest BCUT2D eigenvalue weighted by atomic mass is 10.0. The van der Waals surface area contributed by atoms with Gasteiger partial charge in [0.2, 0.25) is 10.0 Å². The van der Waals surface area contributed by atoms with Crippen LogP contribution < -0.4 is 10.5 Å². The van der Waals surface area contributed by atoms with E-state index in [9.17, 15) is 8.42 Å². The molecule has 0 radical (unpaired) electrons. The minimum absolute atomic E-state index is 0.0443.